The molecule has 0 aliphatic carbocycles. The van der Waals surface area contributed by atoms with Crippen molar-refractivity contribution in [1.82, 2.24) is 4.90 Å². The average Bonchev–Trinajstić information content (AvgIpc) is 2.71. The van der Waals surface area contributed by atoms with E-state index < -0.39 is 29.0 Å². The molecule has 0 bridgehead atoms. The van der Waals surface area contributed by atoms with Gasteiger partial charge in [-0.1, -0.05) is 32.0 Å². The normalized spacial score (nSPS) is 22.1. The van der Waals surface area contributed by atoms with E-state index in [4.69, 9.17) is 4.74 Å². The second kappa shape index (κ2) is 9.20. The lowest BCUT2D eigenvalue weighted by atomic mass is 9.79. The average molecular weight is 472 g/mol. The molecule has 1 aliphatic rings. The van der Waals surface area contributed by atoms with Crippen LogP contribution in [-0.4, -0.2) is 25.1 Å². The molecule has 33 heavy (non-hydrogen) atoms. The molecule has 1 heterocycles. The highest BCUT2D eigenvalue weighted by Crippen LogP contribution is 2.42. The summed E-state index contributed by atoms with van der Waals surface area (Å²) in [6.45, 7) is 9.81. The molecule has 8 heteroatoms. The Labute approximate surface area is 190 Å². The van der Waals surface area contributed by atoms with Crippen LogP contribution in [0.25, 0.3) is 0 Å². The molecule has 1 aliphatic heterocycles. The standard InChI is InChI=1S/C25H28F6NO/c1-16-9-17(2)15-32(14-16)23(3,21-7-5-6-8-22(21)33-4)13-18-10-19(24(26,27)28)12-20(11-18)25(29,30)31/h5-8,10-12,16-17H,3,9,13-15H2,1-2,4H3. The first-order valence-corrected chi connectivity index (χ1v) is 10.8. The first kappa shape index (κ1) is 25.4. The van der Waals surface area contributed by atoms with Crippen LogP contribution in [0, 0.1) is 18.8 Å². The highest BCUT2D eigenvalue weighted by Gasteiger charge is 2.42. The minimum atomic E-state index is -4.90. The van der Waals surface area contributed by atoms with Gasteiger partial charge in [-0.2, -0.15) is 26.3 Å². The van der Waals surface area contributed by atoms with Crippen LogP contribution in [-0.2, 0) is 24.3 Å². The molecule has 2 aromatic rings. The Hall–Kier alpha value is -2.22. The van der Waals surface area contributed by atoms with E-state index in [0.29, 0.717) is 36.2 Å². The number of benzene rings is 2. The molecule has 0 saturated carbocycles. The minimum absolute atomic E-state index is 0.0797. The molecule has 181 valence electrons. The second-order valence-corrected chi connectivity index (χ2v) is 9.17. The molecule has 0 aromatic heterocycles. The summed E-state index contributed by atoms with van der Waals surface area (Å²) in [6, 6.07) is 8.76. The molecule has 1 fully saturated rings. The maximum atomic E-state index is 13.5. The van der Waals surface area contributed by atoms with Crippen LogP contribution >= 0.6 is 0 Å². The van der Waals surface area contributed by atoms with E-state index in [0.717, 1.165) is 18.6 Å². The van der Waals surface area contributed by atoms with Crippen molar-refractivity contribution in [1.29, 1.82) is 0 Å². The van der Waals surface area contributed by atoms with Crippen molar-refractivity contribution < 1.29 is 31.1 Å². The van der Waals surface area contributed by atoms with Crippen molar-refractivity contribution in [3.63, 3.8) is 0 Å². The smallest absolute Gasteiger partial charge is 0.416 e. The van der Waals surface area contributed by atoms with Crippen LogP contribution < -0.4 is 4.74 Å². The molecule has 2 aromatic carbocycles. The van der Waals surface area contributed by atoms with Gasteiger partial charge in [0.05, 0.1) is 23.8 Å². The molecular weight excluding hydrogens is 444 g/mol. The fourth-order valence-electron chi connectivity index (χ4n) is 4.88. The second-order valence-electron chi connectivity index (χ2n) is 9.17. The lowest BCUT2D eigenvalue weighted by Gasteiger charge is -2.48. The predicted octanol–water partition coefficient (Wildman–Crippen LogP) is 6.98. The number of ether oxygens (including phenoxy) is 1. The van der Waals surface area contributed by atoms with E-state index in [1.165, 1.54) is 7.11 Å². The Kier molecular flexibility index (Phi) is 7.08. The zero-order chi connectivity index (χ0) is 24.6. The van der Waals surface area contributed by atoms with Gasteiger partial charge in [0.25, 0.3) is 0 Å². The molecule has 3 atom stereocenters. The topological polar surface area (TPSA) is 12.5 Å². The highest BCUT2D eigenvalue weighted by molar-refractivity contribution is 5.43. The molecule has 0 N–H and O–H groups in total. The maximum Gasteiger partial charge on any atom is 0.416 e. The summed E-state index contributed by atoms with van der Waals surface area (Å²) in [4.78, 5) is 2.07. The zero-order valence-corrected chi connectivity index (χ0v) is 18.9. The van der Waals surface area contributed by atoms with Crippen molar-refractivity contribution in [3.8, 4) is 5.75 Å². The maximum absolute atomic E-state index is 13.5. The van der Waals surface area contributed by atoms with E-state index >= 15 is 0 Å². The number of halogens is 6. The molecular formula is C25H28F6NO. The number of hydrogen-bond acceptors (Lipinski definition) is 2. The predicted molar refractivity (Wildman–Crippen MR) is 115 cm³/mol. The van der Waals surface area contributed by atoms with Crippen molar-refractivity contribution in [3.05, 3.63) is 71.6 Å². The van der Waals surface area contributed by atoms with Crippen molar-refractivity contribution in [2.45, 2.75) is 44.6 Å². The van der Waals surface area contributed by atoms with Gasteiger partial charge in [-0.3, -0.25) is 4.90 Å². The summed E-state index contributed by atoms with van der Waals surface area (Å²) < 4.78 is 86.2. The number of methoxy groups -OCH3 is 1. The number of alkyl halides is 6. The lowest BCUT2D eigenvalue weighted by molar-refractivity contribution is -0.143. The number of rotatable bonds is 5. The van der Waals surface area contributed by atoms with Gasteiger partial charge in [-0.05, 0) is 61.4 Å². The fraction of sp³-hybridized carbons (Fsp3) is 0.480. The number of nitrogens with zero attached hydrogens (tertiary/aromatic N) is 1. The van der Waals surface area contributed by atoms with E-state index in [-0.39, 0.29) is 18.1 Å². The Balaban J connectivity index is 2.17. The number of hydrogen-bond donors (Lipinski definition) is 0. The third kappa shape index (κ3) is 5.65. The van der Waals surface area contributed by atoms with Gasteiger partial charge in [-0.25, -0.2) is 0 Å². The quantitative estimate of drug-likeness (QED) is 0.435. The van der Waals surface area contributed by atoms with Crippen LogP contribution in [0.1, 0.15) is 42.5 Å². The SMILES string of the molecule is [CH2]C(Cc1cc(C(F)(F)F)cc(C(F)(F)F)c1)(c1ccccc1OC)N1CC(C)CC(C)C1. The van der Waals surface area contributed by atoms with Crippen molar-refractivity contribution >= 4 is 0 Å². The molecule has 3 unspecified atom stereocenters. The third-order valence-corrected chi connectivity index (χ3v) is 6.23. The molecule has 1 saturated heterocycles. The molecule has 1 radical (unpaired) electrons. The number of para-hydroxylation sites is 1. The number of piperidine rings is 1. The van der Waals surface area contributed by atoms with Crippen LogP contribution in [0.15, 0.2) is 42.5 Å². The highest BCUT2D eigenvalue weighted by atomic mass is 19.4. The zero-order valence-electron chi connectivity index (χ0n) is 18.9. The minimum Gasteiger partial charge on any atom is -0.496 e. The molecule has 2 nitrogen and oxygen atoms in total. The van der Waals surface area contributed by atoms with E-state index in [1.807, 2.05) is 0 Å². The van der Waals surface area contributed by atoms with Gasteiger partial charge in [-0.15, -0.1) is 0 Å². The first-order chi connectivity index (χ1) is 15.2. The molecule has 0 spiro atoms. The summed E-state index contributed by atoms with van der Waals surface area (Å²) in [5.74, 6) is 1.09. The summed E-state index contributed by atoms with van der Waals surface area (Å²) >= 11 is 0. The van der Waals surface area contributed by atoms with Gasteiger partial charge >= 0.3 is 12.4 Å². The van der Waals surface area contributed by atoms with Gasteiger partial charge < -0.3 is 4.74 Å². The Morgan fingerprint density at radius 2 is 1.42 bits per heavy atom. The van der Waals surface area contributed by atoms with Gasteiger partial charge in [0.2, 0.25) is 0 Å². The molecule has 3 rings (SSSR count). The summed E-state index contributed by atoms with van der Waals surface area (Å²) in [5, 5.41) is 0. The Morgan fingerprint density at radius 1 is 0.909 bits per heavy atom. The fourth-order valence-corrected chi connectivity index (χ4v) is 4.88. The summed E-state index contributed by atoms with van der Waals surface area (Å²) in [5.41, 5.74) is -3.23. The van der Waals surface area contributed by atoms with Gasteiger partial charge in [0, 0.05) is 18.7 Å². The first-order valence-electron chi connectivity index (χ1n) is 10.8. The Morgan fingerprint density at radius 3 is 1.91 bits per heavy atom. The summed E-state index contributed by atoms with van der Waals surface area (Å²) in [7, 11) is 1.48. The van der Waals surface area contributed by atoms with Gasteiger partial charge in [0.1, 0.15) is 5.75 Å². The summed E-state index contributed by atoms with van der Waals surface area (Å²) in [6.07, 6.45) is -8.96. The lowest BCUT2D eigenvalue weighted by Crippen LogP contribution is -2.52. The molecule has 0 amide bonds. The number of likely N-dealkylation sites (tertiary alicyclic amines) is 1. The monoisotopic (exact) mass is 472 g/mol. The van der Waals surface area contributed by atoms with Crippen molar-refractivity contribution in [2.75, 3.05) is 20.2 Å². The van der Waals surface area contributed by atoms with Gasteiger partial charge in [0.15, 0.2) is 0 Å². The largest absolute Gasteiger partial charge is 0.496 e. The Bertz CT molecular complexity index is 928. The van der Waals surface area contributed by atoms with Crippen LogP contribution in [0.4, 0.5) is 26.3 Å². The van der Waals surface area contributed by atoms with Crippen LogP contribution in [0.3, 0.4) is 0 Å². The third-order valence-electron chi connectivity index (χ3n) is 6.23. The van der Waals surface area contributed by atoms with E-state index in [9.17, 15) is 26.3 Å². The van der Waals surface area contributed by atoms with Crippen LogP contribution in [0.5, 0.6) is 5.75 Å². The van der Waals surface area contributed by atoms with Crippen molar-refractivity contribution in [2.24, 2.45) is 11.8 Å². The van der Waals surface area contributed by atoms with Crippen LogP contribution in [0.2, 0.25) is 0 Å². The van der Waals surface area contributed by atoms with E-state index in [1.54, 1.807) is 24.3 Å². The van der Waals surface area contributed by atoms with E-state index in [2.05, 4.69) is 25.7 Å².